The molecule has 0 saturated carbocycles. The molecular weight excluding hydrogens is 1310 g/mol. The SMILES string of the molecule is CCC(C)CCCCCCCCCCCCCCCCCCCCC(=O)O[C@H](COC(=O)CCCCCCCCCCCCCCCCC(C)CC)COP(=O)(O)OCC(O)COP(=O)(O)OC[C@@H](COC(=O)CCCCCCCCCC(C)C)OC(=O)CCCCCCCCCC(C)C. The zero-order valence-electron chi connectivity index (χ0n) is 65.8. The molecule has 7 atom stereocenters. The van der Waals surface area contributed by atoms with Gasteiger partial charge in [-0.25, -0.2) is 9.13 Å². The molecule has 594 valence electrons. The molecule has 0 radical (unpaired) electrons. The largest absolute Gasteiger partial charge is 0.472 e. The van der Waals surface area contributed by atoms with Gasteiger partial charge >= 0.3 is 39.5 Å². The number of hydrogen-bond donors (Lipinski definition) is 3. The minimum atomic E-state index is -4.96. The first-order valence-electron chi connectivity index (χ1n) is 41.8. The zero-order chi connectivity index (χ0) is 73.8. The summed E-state index contributed by atoms with van der Waals surface area (Å²) in [7, 11) is -9.92. The van der Waals surface area contributed by atoms with Crippen LogP contribution in [-0.2, 0) is 65.4 Å². The summed E-state index contributed by atoms with van der Waals surface area (Å²) in [5, 5.41) is 10.6. The van der Waals surface area contributed by atoms with Crippen LogP contribution in [0.2, 0.25) is 0 Å². The molecule has 100 heavy (non-hydrogen) atoms. The van der Waals surface area contributed by atoms with Crippen LogP contribution in [-0.4, -0.2) is 96.7 Å². The Kier molecular flexibility index (Phi) is 68.7. The molecule has 19 heteroatoms. The Morgan fingerprint density at radius 2 is 0.480 bits per heavy atom. The number of esters is 4. The fraction of sp³-hybridized carbons (Fsp3) is 0.951. The lowest BCUT2D eigenvalue weighted by Gasteiger charge is -2.21. The lowest BCUT2D eigenvalue weighted by Crippen LogP contribution is -2.30. The second-order valence-electron chi connectivity index (χ2n) is 30.6. The van der Waals surface area contributed by atoms with Crippen molar-refractivity contribution in [3.05, 3.63) is 0 Å². The third-order valence-electron chi connectivity index (χ3n) is 19.5. The average molecular weight is 1470 g/mol. The Morgan fingerprint density at radius 1 is 0.280 bits per heavy atom. The van der Waals surface area contributed by atoms with E-state index in [0.717, 1.165) is 108 Å². The molecule has 0 amide bonds. The number of hydrogen-bond acceptors (Lipinski definition) is 15. The number of ether oxygens (including phenoxy) is 4. The van der Waals surface area contributed by atoms with Gasteiger partial charge < -0.3 is 33.8 Å². The third kappa shape index (κ3) is 71.7. The molecule has 0 aromatic heterocycles. The number of carbonyl (C=O) groups excluding carboxylic acids is 4. The third-order valence-corrected chi connectivity index (χ3v) is 21.4. The maximum absolute atomic E-state index is 13.1. The topological polar surface area (TPSA) is 237 Å². The summed E-state index contributed by atoms with van der Waals surface area (Å²) in [6.45, 7) is 14.2. The van der Waals surface area contributed by atoms with Crippen molar-refractivity contribution >= 4 is 39.5 Å². The lowest BCUT2D eigenvalue weighted by molar-refractivity contribution is -0.161. The number of phosphoric ester groups is 2. The minimum Gasteiger partial charge on any atom is -0.462 e. The number of aliphatic hydroxyl groups excluding tert-OH is 1. The van der Waals surface area contributed by atoms with E-state index in [9.17, 15) is 43.2 Å². The van der Waals surface area contributed by atoms with E-state index in [1.54, 1.807) is 0 Å². The smallest absolute Gasteiger partial charge is 0.462 e. The maximum Gasteiger partial charge on any atom is 0.472 e. The van der Waals surface area contributed by atoms with Gasteiger partial charge in [-0.15, -0.1) is 0 Å². The highest BCUT2D eigenvalue weighted by molar-refractivity contribution is 7.47. The second-order valence-corrected chi connectivity index (χ2v) is 33.5. The second kappa shape index (κ2) is 70.1. The Hall–Kier alpha value is -1.94. The van der Waals surface area contributed by atoms with Crippen molar-refractivity contribution in [2.45, 2.75) is 433 Å². The van der Waals surface area contributed by atoms with E-state index in [-0.39, 0.29) is 25.7 Å². The Balaban J connectivity index is 5.20. The highest BCUT2D eigenvalue weighted by atomic mass is 31.2. The predicted molar refractivity (Wildman–Crippen MR) is 409 cm³/mol. The van der Waals surface area contributed by atoms with Gasteiger partial charge in [0, 0.05) is 25.7 Å². The first-order valence-corrected chi connectivity index (χ1v) is 44.8. The van der Waals surface area contributed by atoms with E-state index in [1.807, 2.05) is 0 Å². The van der Waals surface area contributed by atoms with Gasteiger partial charge in [0.2, 0.25) is 0 Å². The van der Waals surface area contributed by atoms with Crippen molar-refractivity contribution in [2.24, 2.45) is 23.7 Å². The minimum absolute atomic E-state index is 0.103. The van der Waals surface area contributed by atoms with Crippen LogP contribution in [0.15, 0.2) is 0 Å². The molecule has 0 fully saturated rings. The van der Waals surface area contributed by atoms with Crippen LogP contribution in [0.1, 0.15) is 415 Å². The van der Waals surface area contributed by atoms with Crippen LogP contribution in [0.25, 0.3) is 0 Å². The van der Waals surface area contributed by atoms with Crippen LogP contribution in [0.4, 0.5) is 0 Å². The molecule has 0 aliphatic carbocycles. The van der Waals surface area contributed by atoms with Gasteiger partial charge in [-0.3, -0.25) is 37.3 Å². The van der Waals surface area contributed by atoms with Crippen molar-refractivity contribution in [1.29, 1.82) is 0 Å². The average Bonchev–Trinajstić information content (AvgIpc) is 0.928. The Labute approximate surface area is 613 Å². The van der Waals surface area contributed by atoms with Crippen LogP contribution < -0.4 is 0 Å². The highest BCUT2D eigenvalue weighted by Crippen LogP contribution is 2.45. The molecular formula is C81H158O17P2. The summed E-state index contributed by atoms with van der Waals surface area (Å²) < 4.78 is 68.6. The summed E-state index contributed by atoms with van der Waals surface area (Å²) in [5.74, 6) is 1.00. The van der Waals surface area contributed by atoms with E-state index in [1.165, 1.54) is 212 Å². The molecule has 5 unspecified atom stereocenters. The quantitative estimate of drug-likeness (QED) is 0.0222. The normalized spacial score (nSPS) is 14.6. The number of phosphoric acid groups is 2. The van der Waals surface area contributed by atoms with Gasteiger partial charge in [0.25, 0.3) is 0 Å². The van der Waals surface area contributed by atoms with E-state index < -0.39 is 97.5 Å². The van der Waals surface area contributed by atoms with Crippen molar-refractivity contribution in [3.63, 3.8) is 0 Å². The van der Waals surface area contributed by atoms with Gasteiger partial charge in [-0.2, -0.15) is 0 Å². The van der Waals surface area contributed by atoms with Crippen LogP contribution in [0.5, 0.6) is 0 Å². The number of unbranched alkanes of at least 4 members (excludes halogenated alkanes) is 42. The first-order chi connectivity index (χ1) is 48.2. The molecule has 0 saturated heterocycles. The van der Waals surface area contributed by atoms with E-state index in [4.69, 9.17) is 37.0 Å². The molecule has 0 spiro atoms. The van der Waals surface area contributed by atoms with Crippen LogP contribution in [0.3, 0.4) is 0 Å². The summed E-state index contributed by atoms with van der Waals surface area (Å²) in [6, 6.07) is 0. The molecule has 0 aliphatic rings. The maximum atomic E-state index is 13.1. The zero-order valence-corrected chi connectivity index (χ0v) is 67.6. The van der Waals surface area contributed by atoms with E-state index >= 15 is 0 Å². The molecule has 17 nitrogen and oxygen atoms in total. The highest BCUT2D eigenvalue weighted by Gasteiger charge is 2.30. The Morgan fingerprint density at radius 3 is 0.710 bits per heavy atom. The monoisotopic (exact) mass is 1470 g/mol. The van der Waals surface area contributed by atoms with Crippen molar-refractivity contribution < 1.29 is 80.2 Å². The lowest BCUT2D eigenvalue weighted by atomic mass is 9.99. The van der Waals surface area contributed by atoms with Gasteiger partial charge in [0.15, 0.2) is 12.2 Å². The molecule has 0 aromatic rings. The molecule has 0 rings (SSSR count). The number of carbonyl (C=O) groups is 4. The van der Waals surface area contributed by atoms with Gasteiger partial charge in [-0.05, 0) is 49.4 Å². The fourth-order valence-corrected chi connectivity index (χ4v) is 13.9. The summed E-state index contributed by atoms with van der Waals surface area (Å²) in [6.07, 6.45) is 57.1. The van der Waals surface area contributed by atoms with Crippen molar-refractivity contribution in [3.8, 4) is 0 Å². The van der Waals surface area contributed by atoms with Crippen LogP contribution >= 0.6 is 15.6 Å². The molecule has 0 heterocycles. The predicted octanol–water partition coefficient (Wildman–Crippen LogP) is 24.0. The standard InChI is InChI=1S/C81H158O17P2/c1-9-73(7)59-51-43-35-27-23-19-15-13-11-12-14-16-22-26-30-38-47-55-63-80(85)97-76(67-91-78(83)61-53-45-37-29-25-21-18-17-20-24-28-36-44-52-60-74(8)10-2)69-95-99(87,88)93-65-75(82)66-94-100(89,90)96-70-77(98-81(86)64-56-48-40-32-34-42-50-58-72(5)6)68-92-79(84)62-54-46-39-31-33-41-49-57-71(3)4/h71-77,82H,9-70H2,1-8H3,(H,87,88)(H,89,90)/t73?,74?,75?,76-,77-/m1/s1. The summed E-state index contributed by atoms with van der Waals surface area (Å²) in [5.41, 5.74) is 0. The summed E-state index contributed by atoms with van der Waals surface area (Å²) in [4.78, 5) is 72.9. The fourth-order valence-electron chi connectivity index (χ4n) is 12.4. The number of rotatable bonds is 78. The molecule has 3 N–H and O–H groups in total. The van der Waals surface area contributed by atoms with Gasteiger partial charge in [0.1, 0.15) is 19.3 Å². The van der Waals surface area contributed by atoms with Gasteiger partial charge in [-0.1, -0.05) is 364 Å². The first kappa shape index (κ1) is 98.1. The Bertz CT molecular complexity index is 1960. The van der Waals surface area contributed by atoms with Gasteiger partial charge in [0.05, 0.1) is 26.4 Å². The number of aliphatic hydroxyl groups is 1. The molecule has 0 aromatic carbocycles. The van der Waals surface area contributed by atoms with E-state index in [0.29, 0.717) is 37.5 Å². The molecule has 0 bridgehead atoms. The van der Waals surface area contributed by atoms with E-state index in [2.05, 4.69) is 55.4 Å². The summed E-state index contributed by atoms with van der Waals surface area (Å²) >= 11 is 0. The van der Waals surface area contributed by atoms with Crippen molar-refractivity contribution in [1.82, 2.24) is 0 Å². The van der Waals surface area contributed by atoms with Crippen LogP contribution in [0, 0.1) is 23.7 Å². The molecule has 0 aliphatic heterocycles. The van der Waals surface area contributed by atoms with Crippen molar-refractivity contribution in [2.75, 3.05) is 39.6 Å².